The Bertz CT molecular complexity index is 1180. The van der Waals surface area contributed by atoms with Crippen LogP contribution in [-0.2, 0) is 13.0 Å². The van der Waals surface area contributed by atoms with Gasteiger partial charge in [-0.1, -0.05) is 12.1 Å². The lowest BCUT2D eigenvalue weighted by atomic mass is 10.1. The Morgan fingerprint density at radius 1 is 0.871 bits per heavy atom. The van der Waals surface area contributed by atoms with E-state index in [2.05, 4.69) is 67.7 Å². The maximum absolute atomic E-state index is 4.96. The number of fused-ring (bicyclic) bond motifs is 3. The second kappa shape index (κ2) is 7.50. The number of hydrogen-bond acceptors (Lipinski definition) is 6. The van der Waals surface area contributed by atoms with Gasteiger partial charge in [0, 0.05) is 63.5 Å². The molecule has 0 bridgehead atoms. The van der Waals surface area contributed by atoms with Crippen molar-refractivity contribution in [1.82, 2.24) is 29.3 Å². The maximum Gasteiger partial charge on any atom is 0.147 e. The number of likely N-dealkylation sites (N-methyl/N-ethyl adjacent to an activating group) is 1. The minimum absolute atomic E-state index is 0.925. The molecule has 6 rings (SSSR count). The van der Waals surface area contributed by atoms with E-state index in [0.29, 0.717) is 0 Å². The van der Waals surface area contributed by atoms with E-state index < -0.39 is 0 Å². The molecule has 3 aromatic rings. The van der Waals surface area contributed by atoms with Gasteiger partial charge in [-0.15, -0.1) is 0 Å². The molecule has 0 atom stereocenters. The predicted molar refractivity (Wildman–Crippen MR) is 123 cm³/mol. The van der Waals surface area contributed by atoms with Gasteiger partial charge in [-0.05, 0) is 31.3 Å². The number of hydrogen-bond donors (Lipinski definition) is 0. The molecule has 3 aliphatic rings. The van der Waals surface area contributed by atoms with Crippen molar-refractivity contribution >= 4 is 16.9 Å². The van der Waals surface area contributed by atoms with Crippen LogP contribution in [0.3, 0.4) is 0 Å². The first-order chi connectivity index (χ1) is 15.2. The Hall–Kier alpha value is -3.19. The van der Waals surface area contributed by atoms with Crippen molar-refractivity contribution in [3.8, 4) is 11.3 Å². The molecule has 1 saturated heterocycles. The Balaban J connectivity index is 1.30. The zero-order chi connectivity index (χ0) is 20.8. The Morgan fingerprint density at radius 2 is 1.71 bits per heavy atom. The summed E-state index contributed by atoms with van der Waals surface area (Å²) in [7, 11) is 2.17. The Kier molecular flexibility index (Phi) is 4.49. The molecule has 2 aromatic heterocycles. The first-order valence-corrected chi connectivity index (χ1v) is 11.1. The van der Waals surface area contributed by atoms with Crippen LogP contribution in [-0.4, -0.2) is 75.6 Å². The number of benzene rings is 1. The summed E-state index contributed by atoms with van der Waals surface area (Å²) in [5, 5.41) is 0. The Morgan fingerprint density at radius 3 is 2.52 bits per heavy atom. The van der Waals surface area contributed by atoms with Crippen molar-refractivity contribution < 1.29 is 0 Å². The quantitative estimate of drug-likeness (QED) is 0.658. The van der Waals surface area contributed by atoms with Gasteiger partial charge in [-0.2, -0.15) is 0 Å². The van der Waals surface area contributed by atoms with E-state index >= 15 is 0 Å². The third-order valence-electron chi connectivity index (χ3n) is 6.67. The topological polar surface area (TPSA) is 53.3 Å². The van der Waals surface area contributed by atoms with E-state index in [9.17, 15) is 0 Å². The van der Waals surface area contributed by atoms with Gasteiger partial charge in [0.25, 0.3) is 0 Å². The number of piperazine rings is 1. The van der Waals surface area contributed by atoms with Gasteiger partial charge in [0.05, 0.1) is 29.1 Å². The molecule has 0 saturated carbocycles. The van der Waals surface area contributed by atoms with Gasteiger partial charge in [0.15, 0.2) is 0 Å². The third kappa shape index (κ3) is 3.39. The summed E-state index contributed by atoms with van der Waals surface area (Å²) in [6.45, 7) is 7.08. The molecule has 7 heteroatoms. The fourth-order valence-electron chi connectivity index (χ4n) is 4.67. The van der Waals surface area contributed by atoms with Crippen LogP contribution >= 0.6 is 0 Å². The average molecular weight is 414 g/mol. The monoisotopic (exact) mass is 413 g/mol. The summed E-state index contributed by atoms with van der Waals surface area (Å²) in [4.78, 5) is 21.5. The van der Waals surface area contributed by atoms with Gasteiger partial charge < -0.3 is 19.3 Å². The molecule has 0 amide bonds. The van der Waals surface area contributed by atoms with E-state index in [1.807, 2.05) is 12.4 Å². The van der Waals surface area contributed by atoms with Crippen molar-refractivity contribution in [2.75, 3.05) is 51.2 Å². The first kappa shape index (κ1) is 18.6. The van der Waals surface area contributed by atoms with Crippen LogP contribution in [0.2, 0.25) is 0 Å². The van der Waals surface area contributed by atoms with Gasteiger partial charge in [-0.25, -0.2) is 9.97 Å². The number of anilines is 1. The highest BCUT2D eigenvalue weighted by Gasteiger charge is 2.20. The molecule has 158 valence electrons. The van der Waals surface area contributed by atoms with E-state index in [-0.39, 0.29) is 0 Å². The number of imidazole rings is 1. The van der Waals surface area contributed by atoms with Crippen LogP contribution in [0.5, 0.6) is 0 Å². The van der Waals surface area contributed by atoms with E-state index in [0.717, 1.165) is 74.8 Å². The maximum atomic E-state index is 4.96. The zero-order valence-corrected chi connectivity index (χ0v) is 17.9. The molecule has 4 heterocycles. The molecule has 1 aromatic carbocycles. The molecule has 0 N–H and O–H groups in total. The zero-order valence-electron chi connectivity index (χ0n) is 17.9. The first-order valence-electron chi connectivity index (χ1n) is 11.1. The van der Waals surface area contributed by atoms with Gasteiger partial charge in [0.2, 0.25) is 0 Å². The minimum Gasteiger partial charge on any atom is -0.369 e. The predicted octanol–water partition coefficient (Wildman–Crippen LogP) is 2.56. The lowest BCUT2D eigenvalue weighted by Gasteiger charge is -2.33. The molecule has 2 aliphatic heterocycles. The summed E-state index contributed by atoms with van der Waals surface area (Å²) in [5.41, 5.74) is 5.63. The van der Waals surface area contributed by atoms with Crippen molar-refractivity contribution in [2.24, 2.45) is 0 Å². The highest BCUT2D eigenvalue weighted by atomic mass is 15.3. The summed E-state index contributed by atoms with van der Waals surface area (Å²) in [6.07, 6.45) is 11.2. The molecule has 0 spiro atoms. The highest BCUT2D eigenvalue weighted by Crippen LogP contribution is 2.27. The lowest BCUT2D eigenvalue weighted by Crippen LogP contribution is -2.44. The lowest BCUT2D eigenvalue weighted by molar-refractivity contribution is 0.312. The SMILES string of the molecule is CN1CCN(c2cncc(-c3ccc4nc5n(c4c3)CCN(C3=CC=C3)CC5)n2)CC1. The molecule has 31 heavy (non-hydrogen) atoms. The molecule has 7 nitrogen and oxygen atoms in total. The smallest absolute Gasteiger partial charge is 0.147 e. The standard InChI is InChI=1S/C24H27N7/c1-28-9-11-30(12-10-28)24-17-25-16-21(27-24)18-5-6-20-22(15-18)31-14-13-29(19-3-2-4-19)8-7-23(31)26-20/h2-6,15-17H,7-14H2,1H3. The number of rotatable bonds is 3. The number of allylic oxidation sites excluding steroid dienone is 3. The summed E-state index contributed by atoms with van der Waals surface area (Å²) in [5.74, 6) is 2.14. The molecule has 0 radical (unpaired) electrons. The fraction of sp³-hybridized carbons (Fsp3) is 0.375. The summed E-state index contributed by atoms with van der Waals surface area (Å²) in [6, 6.07) is 6.50. The van der Waals surface area contributed by atoms with Crippen molar-refractivity contribution in [1.29, 1.82) is 0 Å². The van der Waals surface area contributed by atoms with Crippen molar-refractivity contribution in [2.45, 2.75) is 13.0 Å². The second-order valence-electron chi connectivity index (χ2n) is 8.62. The van der Waals surface area contributed by atoms with Crippen molar-refractivity contribution in [3.05, 3.63) is 60.3 Å². The molecule has 1 fully saturated rings. The molecule has 1 aliphatic carbocycles. The van der Waals surface area contributed by atoms with E-state index in [1.54, 1.807) is 0 Å². The Labute approximate surface area is 182 Å². The number of aromatic nitrogens is 4. The van der Waals surface area contributed by atoms with E-state index in [4.69, 9.17) is 9.97 Å². The van der Waals surface area contributed by atoms with Gasteiger partial charge in [0.1, 0.15) is 11.6 Å². The summed E-state index contributed by atoms with van der Waals surface area (Å²) < 4.78 is 2.39. The van der Waals surface area contributed by atoms with Gasteiger partial charge in [-0.3, -0.25) is 4.98 Å². The van der Waals surface area contributed by atoms with Crippen LogP contribution in [0.25, 0.3) is 22.3 Å². The third-order valence-corrected chi connectivity index (χ3v) is 6.67. The summed E-state index contributed by atoms with van der Waals surface area (Å²) >= 11 is 0. The second-order valence-corrected chi connectivity index (χ2v) is 8.62. The average Bonchev–Trinajstić information content (AvgIpc) is 2.99. The normalized spacial score (nSPS) is 19.2. The largest absolute Gasteiger partial charge is 0.369 e. The van der Waals surface area contributed by atoms with Crippen LogP contribution in [0.15, 0.2) is 54.5 Å². The van der Waals surface area contributed by atoms with Crippen LogP contribution < -0.4 is 4.90 Å². The fourth-order valence-corrected chi connectivity index (χ4v) is 4.67. The highest BCUT2D eigenvalue weighted by molar-refractivity contribution is 5.82. The molecular weight excluding hydrogens is 386 g/mol. The molecular formula is C24H27N7. The van der Waals surface area contributed by atoms with Crippen LogP contribution in [0.4, 0.5) is 5.82 Å². The van der Waals surface area contributed by atoms with Crippen LogP contribution in [0, 0.1) is 0 Å². The van der Waals surface area contributed by atoms with Gasteiger partial charge >= 0.3 is 0 Å². The molecule has 0 unspecified atom stereocenters. The van der Waals surface area contributed by atoms with E-state index in [1.165, 1.54) is 17.0 Å². The van der Waals surface area contributed by atoms with Crippen LogP contribution in [0.1, 0.15) is 5.82 Å². The number of nitrogens with zero attached hydrogens (tertiary/aromatic N) is 7. The minimum atomic E-state index is 0.925. The van der Waals surface area contributed by atoms with Crippen molar-refractivity contribution in [3.63, 3.8) is 0 Å².